The van der Waals surface area contributed by atoms with E-state index in [9.17, 15) is 27.5 Å². The molecule has 6 nitrogen and oxygen atoms in total. The number of aliphatic imine (C=N–C) groups is 1. The molecule has 4 rings (SSSR count). The van der Waals surface area contributed by atoms with Crippen LogP contribution in [0.3, 0.4) is 0 Å². The molecule has 1 atom stereocenters. The van der Waals surface area contributed by atoms with Gasteiger partial charge in [-0.05, 0) is 60.2 Å². The summed E-state index contributed by atoms with van der Waals surface area (Å²) in [7, 11) is 0. The normalized spacial score (nSPS) is 19.7. The molecule has 0 spiro atoms. The number of likely N-dealkylation sites (tertiary alicyclic amines) is 1. The standard InChI is InChI=1S/C22H15F4N3O3S/c23-14-5-6-29(11-14)21-28-20(31)19(33-21)9-12-1-4-18(16(30)8-12)32-17-3-2-13(10-27)7-15(17)22(24,25)26/h1-4,7-9,14,30H,5-6,11H2/b19-9-/t14-/m1/s1. The topological polar surface area (TPSA) is 85.9 Å². The summed E-state index contributed by atoms with van der Waals surface area (Å²) in [6.45, 7) is 0.643. The zero-order valence-corrected chi connectivity index (χ0v) is 17.6. The molecule has 0 unspecified atom stereocenters. The highest BCUT2D eigenvalue weighted by Crippen LogP contribution is 2.41. The van der Waals surface area contributed by atoms with Crippen LogP contribution in [0.25, 0.3) is 6.08 Å². The predicted molar refractivity (Wildman–Crippen MR) is 113 cm³/mol. The van der Waals surface area contributed by atoms with Gasteiger partial charge in [0, 0.05) is 6.54 Å². The van der Waals surface area contributed by atoms with Gasteiger partial charge < -0.3 is 14.7 Å². The molecule has 33 heavy (non-hydrogen) atoms. The van der Waals surface area contributed by atoms with Gasteiger partial charge in [-0.25, -0.2) is 4.39 Å². The van der Waals surface area contributed by atoms with Crippen molar-refractivity contribution in [3.8, 4) is 23.3 Å². The van der Waals surface area contributed by atoms with Crippen LogP contribution in [-0.4, -0.2) is 40.3 Å². The average molecular weight is 477 g/mol. The van der Waals surface area contributed by atoms with E-state index in [1.54, 1.807) is 11.0 Å². The number of amides is 1. The van der Waals surface area contributed by atoms with E-state index < -0.39 is 35.3 Å². The third kappa shape index (κ3) is 4.96. The van der Waals surface area contributed by atoms with Crippen LogP contribution < -0.4 is 4.74 Å². The summed E-state index contributed by atoms with van der Waals surface area (Å²) in [5.74, 6) is -1.75. The molecule has 0 saturated carbocycles. The van der Waals surface area contributed by atoms with Crippen LogP contribution in [0.2, 0.25) is 0 Å². The van der Waals surface area contributed by atoms with Gasteiger partial charge in [-0.15, -0.1) is 0 Å². The van der Waals surface area contributed by atoms with Crippen LogP contribution in [0.1, 0.15) is 23.1 Å². The Kier molecular flexibility index (Phi) is 6.03. The Morgan fingerprint density at radius 1 is 1.24 bits per heavy atom. The average Bonchev–Trinajstić information content (AvgIpc) is 3.35. The Morgan fingerprint density at radius 3 is 2.64 bits per heavy atom. The first-order valence-electron chi connectivity index (χ1n) is 9.68. The molecule has 1 N–H and O–H groups in total. The van der Waals surface area contributed by atoms with Crippen molar-refractivity contribution in [2.45, 2.75) is 18.8 Å². The van der Waals surface area contributed by atoms with E-state index in [2.05, 4.69) is 4.99 Å². The third-order valence-corrected chi connectivity index (χ3v) is 5.97. The number of phenolic OH excluding ortho intramolecular Hbond substituents is 1. The highest BCUT2D eigenvalue weighted by molar-refractivity contribution is 8.18. The highest BCUT2D eigenvalue weighted by atomic mass is 32.2. The van der Waals surface area contributed by atoms with Crippen molar-refractivity contribution in [3.05, 3.63) is 58.0 Å². The Morgan fingerprint density at radius 2 is 2.00 bits per heavy atom. The number of carbonyl (C=O) groups excluding carboxylic acids is 1. The monoisotopic (exact) mass is 477 g/mol. The lowest BCUT2D eigenvalue weighted by atomic mass is 10.1. The van der Waals surface area contributed by atoms with Gasteiger partial charge in [0.25, 0.3) is 5.91 Å². The fourth-order valence-corrected chi connectivity index (χ4v) is 4.26. The lowest BCUT2D eigenvalue weighted by molar-refractivity contribution is -0.138. The summed E-state index contributed by atoms with van der Waals surface area (Å²) in [6.07, 6.45) is -3.89. The van der Waals surface area contributed by atoms with Crippen molar-refractivity contribution in [1.29, 1.82) is 5.26 Å². The minimum absolute atomic E-state index is 0.175. The van der Waals surface area contributed by atoms with Crippen LogP contribution >= 0.6 is 11.8 Å². The third-order valence-electron chi connectivity index (χ3n) is 4.93. The zero-order valence-electron chi connectivity index (χ0n) is 16.8. The van der Waals surface area contributed by atoms with Gasteiger partial charge in [0.2, 0.25) is 0 Å². The van der Waals surface area contributed by atoms with Crippen molar-refractivity contribution < 1.29 is 32.2 Å². The number of nitrogens with zero attached hydrogens (tertiary/aromatic N) is 3. The lowest BCUT2D eigenvalue weighted by Crippen LogP contribution is -2.25. The molecule has 2 aliphatic heterocycles. The zero-order chi connectivity index (χ0) is 23.8. The minimum Gasteiger partial charge on any atom is -0.504 e. The first-order valence-corrected chi connectivity index (χ1v) is 10.5. The summed E-state index contributed by atoms with van der Waals surface area (Å²) >= 11 is 1.09. The number of nitriles is 1. The maximum Gasteiger partial charge on any atom is 0.420 e. The number of amidine groups is 1. The number of hydrogen-bond acceptors (Lipinski definition) is 6. The van der Waals surface area contributed by atoms with Crippen molar-refractivity contribution in [3.63, 3.8) is 0 Å². The number of benzene rings is 2. The predicted octanol–water partition coefficient (Wildman–Crippen LogP) is 5.09. The molecule has 0 aromatic heterocycles. The van der Waals surface area contributed by atoms with Crippen molar-refractivity contribution in [2.24, 2.45) is 4.99 Å². The van der Waals surface area contributed by atoms with Gasteiger partial charge in [0.1, 0.15) is 11.9 Å². The van der Waals surface area contributed by atoms with Gasteiger partial charge in [-0.3, -0.25) is 4.79 Å². The number of hydrogen-bond donors (Lipinski definition) is 1. The maximum atomic E-state index is 13.4. The number of phenols is 1. The van der Waals surface area contributed by atoms with Gasteiger partial charge in [0.05, 0.1) is 28.6 Å². The SMILES string of the molecule is N#Cc1ccc(Oc2ccc(/C=C3\SC(N4CC[C@@H](F)C4)=NC3=O)cc2O)c(C(F)(F)F)c1. The second kappa shape index (κ2) is 8.78. The first kappa shape index (κ1) is 22.7. The molecular formula is C22H15F4N3O3S. The molecule has 1 fully saturated rings. The van der Waals surface area contributed by atoms with Crippen molar-refractivity contribution in [2.75, 3.05) is 13.1 Å². The lowest BCUT2D eigenvalue weighted by Gasteiger charge is -2.15. The van der Waals surface area contributed by atoms with Crippen LogP contribution in [0.4, 0.5) is 17.6 Å². The molecule has 170 valence electrons. The van der Waals surface area contributed by atoms with E-state index in [1.165, 1.54) is 30.3 Å². The van der Waals surface area contributed by atoms with Crippen LogP contribution in [-0.2, 0) is 11.0 Å². The molecule has 2 heterocycles. The Bertz CT molecular complexity index is 1220. The van der Waals surface area contributed by atoms with E-state index in [1.807, 2.05) is 0 Å². The Balaban J connectivity index is 1.53. The van der Waals surface area contributed by atoms with Gasteiger partial charge in [0.15, 0.2) is 16.7 Å². The maximum absolute atomic E-state index is 13.4. The molecule has 2 aliphatic rings. The number of carbonyl (C=O) groups is 1. The summed E-state index contributed by atoms with van der Waals surface area (Å²) in [5, 5.41) is 19.5. The number of thioether (sulfide) groups is 1. The summed E-state index contributed by atoms with van der Waals surface area (Å²) < 4.78 is 58.7. The van der Waals surface area contributed by atoms with Crippen molar-refractivity contribution >= 4 is 28.9 Å². The number of alkyl halides is 4. The number of halogens is 4. The van der Waals surface area contributed by atoms with E-state index >= 15 is 0 Å². The fourth-order valence-electron chi connectivity index (χ4n) is 3.31. The molecule has 0 bridgehead atoms. The van der Waals surface area contributed by atoms with E-state index in [0.717, 1.165) is 17.8 Å². The second-order valence-electron chi connectivity index (χ2n) is 7.29. The van der Waals surface area contributed by atoms with Crippen LogP contribution in [0.15, 0.2) is 46.3 Å². The number of ether oxygens (including phenoxy) is 1. The van der Waals surface area contributed by atoms with E-state index in [4.69, 9.17) is 10.00 Å². The molecule has 0 aliphatic carbocycles. The van der Waals surface area contributed by atoms with Crippen LogP contribution in [0, 0.1) is 11.3 Å². The Hall–Kier alpha value is -3.52. The van der Waals surface area contributed by atoms with Gasteiger partial charge in [-0.1, -0.05) is 6.07 Å². The fraction of sp³-hybridized carbons (Fsp3) is 0.227. The van der Waals surface area contributed by atoms with E-state index in [0.29, 0.717) is 29.8 Å². The Labute approximate surface area is 189 Å². The second-order valence-corrected chi connectivity index (χ2v) is 8.30. The molecular weight excluding hydrogens is 462 g/mol. The quantitative estimate of drug-likeness (QED) is 0.490. The highest BCUT2D eigenvalue weighted by Gasteiger charge is 2.35. The number of rotatable bonds is 3. The molecule has 11 heteroatoms. The molecule has 1 amide bonds. The molecule has 2 aromatic carbocycles. The van der Waals surface area contributed by atoms with Crippen molar-refractivity contribution in [1.82, 2.24) is 4.90 Å². The molecule has 2 aromatic rings. The smallest absolute Gasteiger partial charge is 0.420 e. The summed E-state index contributed by atoms with van der Waals surface area (Å²) in [6, 6.07) is 8.43. The number of aromatic hydroxyl groups is 1. The van der Waals surface area contributed by atoms with Gasteiger partial charge in [-0.2, -0.15) is 23.4 Å². The summed E-state index contributed by atoms with van der Waals surface area (Å²) in [5.41, 5.74) is -0.938. The van der Waals surface area contributed by atoms with Gasteiger partial charge >= 0.3 is 6.18 Å². The minimum atomic E-state index is -4.77. The largest absolute Gasteiger partial charge is 0.504 e. The first-order chi connectivity index (χ1) is 15.6. The molecule has 1 saturated heterocycles. The van der Waals surface area contributed by atoms with Crippen LogP contribution in [0.5, 0.6) is 17.2 Å². The summed E-state index contributed by atoms with van der Waals surface area (Å²) in [4.78, 5) is 18.1. The molecule has 0 radical (unpaired) electrons. The van der Waals surface area contributed by atoms with E-state index in [-0.39, 0.29) is 22.8 Å².